The van der Waals surface area contributed by atoms with E-state index in [0.717, 1.165) is 45.1 Å². The number of rotatable bonds is 3. The van der Waals surface area contributed by atoms with E-state index in [-0.39, 0.29) is 0 Å². The number of hydrogen-bond donors (Lipinski definition) is 0. The maximum Gasteiger partial charge on any atom is 0.160 e. The highest BCUT2D eigenvalue weighted by atomic mass is 79.9. The quantitative estimate of drug-likeness (QED) is 0.546. The summed E-state index contributed by atoms with van der Waals surface area (Å²) in [5, 5.41) is 1.14. The molecule has 0 amide bonds. The zero-order valence-corrected chi connectivity index (χ0v) is 14.7. The second-order valence-corrected chi connectivity index (χ2v) is 6.92. The van der Waals surface area contributed by atoms with Gasteiger partial charge in [0.05, 0.1) is 16.6 Å². The predicted octanol–water partition coefficient (Wildman–Crippen LogP) is 4.06. The van der Waals surface area contributed by atoms with Gasteiger partial charge in [0.1, 0.15) is 5.52 Å². The summed E-state index contributed by atoms with van der Waals surface area (Å²) >= 11 is 3.57. The van der Waals surface area contributed by atoms with Gasteiger partial charge in [0.15, 0.2) is 5.65 Å². The van der Waals surface area contributed by atoms with Gasteiger partial charge in [-0.2, -0.15) is 0 Å². The lowest BCUT2D eigenvalue weighted by Gasteiger charge is -2.12. The van der Waals surface area contributed by atoms with Crippen LogP contribution in [0.1, 0.15) is 0 Å². The Hall–Kier alpha value is -1.98. The average molecular weight is 369 g/mol. The normalized spacial score (nSPS) is 12.0. The number of nitrogens with zero attached hydrogens (tertiary/aromatic N) is 4. The number of likely N-dealkylation sites (N-methyl/N-ethyl adjacent to an activating group) is 1. The van der Waals surface area contributed by atoms with Crippen molar-refractivity contribution in [1.29, 1.82) is 0 Å². The molecule has 4 rings (SSSR count). The van der Waals surface area contributed by atoms with Crippen LogP contribution in [0, 0.1) is 0 Å². The standard InChI is InChI=1S/C18H17BrN4/c1-22(2)9-10-23-16-8-7-12(19)11-13(16)17-18(23)21-15-6-4-3-5-14(15)20-17/h3-8,11H,9-10H2,1-2H3. The topological polar surface area (TPSA) is 34.0 Å². The average Bonchev–Trinajstić information content (AvgIpc) is 2.83. The molecule has 0 spiro atoms. The van der Waals surface area contributed by atoms with Crippen molar-refractivity contribution in [3.8, 4) is 0 Å². The van der Waals surface area contributed by atoms with E-state index in [2.05, 4.69) is 57.7 Å². The Morgan fingerprint density at radius 2 is 1.78 bits per heavy atom. The number of fused-ring (bicyclic) bond motifs is 4. The van der Waals surface area contributed by atoms with E-state index in [1.165, 1.54) is 5.52 Å². The van der Waals surface area contributed by atoms with E-state index >= 15 is 0 Å². The van der Waals surface area contributed by atoms with Crippen LogP contribution in [0.25, 0.3) is 33.1 Å². The SMILES string of the molecule is CN(C)CCn1c2ccc(Br)cc2c2nc3ccccc3nc21. The van der Waals surface area contributed by atoms with Crippen LogP contribution in [-0.4, -0.2) is 40.1 Å². The molecule has 0 radical (unpaired) electrons. The number of halogens is 1. The summed E-state index contributed by atoms with van der Waals surface area (Å²) in [6, 6.07) is 14.4. The van der Waals surface area contributed by atoms with Crippen LogP contribution in [0.5, 0.6) is 0 Å². The van der Waals surface area contributed by atoms with Gasteiger partial charge in [0, 0.05) is 22.9 Å². The number of aromatic nitrogens is 3. The molecule has 0 fully saturated rings. The molecule has 0 atom stereocenters. The molecule has 0 bridgehead atoms. The fourth-order valence-corrected chi connectivity index (χ4v) is 3.29. The van der Waals surface area contributed by atoms with Crippen LogP contribution in [0.4, 0.5) is 0 Å². The van der Waals surface area contributed by atoms with Crippen molar-refractivity contribution in [2.75, 3.05) is 20.6 Å². The molecule has 0 unspecified atom stereocenters. The molecule has 116 valence electrons. The Balaban J connectivity index is 2.08. The monoisotopic (exact) mass is 368 g/mol. The molecule has 2 aromatic heterocycles. The zero-order chi connectivity index (χ0) is 16.0. The van der Waals surface area contributed by atoms with Gasteiger partial charge in [-0.05, 0) is 44.4 Å². The number of hydrogen-bond acceptors (Lipinski definition) is 3. The van der Waals surface area contributed by atoms with Gasteiger partial charge in [-0.15, -0.1) is 0 Å². The zero-order valence-electron chi connectivity index (χ0n) is 13.1. The van der Waals surface area contributed by atoms with Crippen LogP contribution in [-0.2, 0) is 6.54 Å². The Kier molecular flexibility index (Phi) is 3.54. The summed E-state index contributed by atoms with van der Waals surface area (Å²) in [6.07, 6.45) is 0. The molecule has 4 aromatic rings. The Bertz CT molecular complexity index is 1020. The lowest BCUT2D eigenvalue weighted by molar-refractivity contribution is 0.389. The van der Waals surface area contributed by atoms with Crippen LogP contribution in [0.2, 0.25) is 0 Å². The van der Waals surface area contributed by atoms with Crippen molar-refractivity contribution in [1.82, 2.24) is 19.4 Å². The highest BCUT2D eigenvalue weighted by Gasteiger charge is 2.14. The molecule has 0 aliphatic heterocycles. The minimum absolute atomic E-state index is 0.891. The van der Waals surface area contributed by atoms with Crippen LogP contribution < -0.4 is 0 Å². The first-order valence-electron chi connectivity index (χ1n) is 7.62. The largest absolute Gasteiger partial charge is 0.323 e. The number of benzene rings is 2. The van der Waals surface area contributed by atoms with Crippen molar-refractivity contribution < 1.29 is 0 Å². The Morgan fingerprint density at radius 3 is 2.52 bits per heavy atom. The van der Waals surface area contributed by atoms with Crippen molar-refractivity contribution in [2.45, 2.75) is 6.54 Å². The second kappa shape index (κ2) is 5.58. The third kappa shape index (κ3) is 2.50. The first-order valence-corrected chi connectivity index (χ1v) is 8.42. The third-order valence-electron chi connectivity index (χ3n) is 4.08. The lowest BCUT2D eigenvalue weighted by Crippen LogP contribution is -2.18. The molecule has 0 N–H and O–H groups in total. The van der Waals surface area contributed by atoms with Crippen LogP contribution >= 0.6 is 15.9 Å². The maximum absolute atomic E-state index is 4.89. The van der Waals surface area contributed by atoms with Crippen molar-refractivity contribution in [3.63, 3.8) is 0 Å². The molecule has 2 aromatic carbocycles. The smallest absolute Gasteiger partial charge is 0.160 e. The molecule has 4 nitrogen and oxygen atoms in total. The highest BCUT2D eigenvalue weighted by molar-refractivity contribution is 9.10. The molecule has 23 heavy (non-hydrogen) atoms. The maximum atomic E-state index is 4.89. The van der Waals surface area contributed by atoms with E-state index in [9.17, 15) is 0 Å². The van der Waals surface area contributed by atoms with E-state index < -0.39 is 0 Å². The molecule has 5 heteroatoms. The predicted molar refractivity (Wildman–Crippen MR) is 98.8 cm³/mol. The van der Waals surface area contributed by atoms with Crippen molar-refractivity contribution in [2.24, 2.45) is 0 Å². The van der Waals surface area contributed by atoms with Gasteiger partial charge < -0.3 is 9.47 Å². The van der Waals surface area contributed by atoms with Gasteiger partial charge in [-0.1, -0.05) is 28.1 Å². The summed E-state index contributed by atoms with van der Waals surface area (Å²) in [6.45, 7) is 1.85. The molecule has 0 aliphatic rings. The molecule has 0 saturated carbocycles. The third-order valence-corrected chi connectivity index (χ3v) is 4.58. The van der Waals surface area contributed by atoms with Crippen LogP contribution in [0.3, 0.4) is 0 Å². The Labute approximate surface area is 142 Å². The fraction of sp³-hybridized carbons (Fsp3) is 0.222. The van der Waals surface area contributed by atoms with Gasteiger partial charge in [0.25, 0.3) is 0 Å². The van der Waals surface area contributed by atoms with Gasteiger partial charge in [0.2, 0.25) is 0 Å². The van der Waals surface area contributed by atoms with Gasteiger partial charge >= 0.3 is 0 Å². The van der Waals surface area contributed by atoms with E-state index in [1.807, 2.05) is 24.3 Å². The van der Waals surface area contributed by atoms with E-state index in [1.54, 1.807) is 0 Å². The second-order valence-electron chi connectivity index (χ2n) is 6.00. The first-order chi connectivity index (χ1) is 11.1. The van der Waals surface area contributed by atoms with Crippen LogP contribution in [0.15, 0.2) is 46.9 Å². The molecular formula is C18H17BrN4. The summed E-state index contributed by atoms with van der Waals surface area (Å²) in [5.74, 6) is 0. The summed E-state index contributed by atoms with van der Waals surface area (Å²) in [5.41, 5.74) is 4.98. The Morgan fingerprint density at radius 1 is 1.04 bits per heavy atom. The molecule has 0 aliphatic carbocycles. The molecule has 2 heterocycles. The van der Waals surface area contributed by atoms with Gasteiger partial charge in [-0.3, -0.25) is 0 Å². The lowest BCUT2D eigenvalue weighted by atomic mass is 10.2. The molecular weight excluding hydrogens is 352 g/mol. The fourth-order valence-electron chi connectivity index (χ4n) is 2.93. The highest BCUT2D eigenvalue weighted by Crippen LogP contribution is 2.30. The van der Waals surface area contributed by atoms with Crippen molar-refractivity contribution >= 4 is 49.0 Å². The van der Waals surface area contributed by atoms with E-state index in [4.69, 9.17) is 9.97 Å². The summed E-state index contributed by atoms with van der Waals surface area (Å²) < 4.78 is 3.34. The number of para-hydroxylation sites is 2. The minimum atomic E-state index is 0.891. The minimum Gasteiger partial charge on any atom is -0.323 e. The summed E-state index contributed by atoms with van der Waals surface area (Å²) in [4.78, 5) is 12.0. The van der Waals surface area contributed by atoms with E-state index in [0.29, 0.717) is 0 Å². The van der Waals surface area contributed by atoms with Gasteiger partial charge in [-0.25, -0.2) is 9.97 Å². The summed E-state index contributed by atoms with van der Waals surface area (Å²) in [7, 11) is 4.18. The molecule has 0 saturated heterocycles. The first kappa shape index (κ1) is 14.6. The van der Waals surface area contributed by atoms with Crippen molar-refractivity contribution in [3.05, 3.63) is 46.9 Å².